The molecule has 1 aromatic heterocycles. The molecule has 2 heterocycles. The van der Waals surface area contributed by atoms with Crippen LogP contribution in [0.1, 0.15) is 10.9 Å². The highest BCUT2D eigenvalue weighted by Gasteiger charge is 2.34. The van der Waals surface area contributed by atoms with E-state index in [4.69, 9.17) is 10.8 Å². The summed E-state index contributed by atoms with van der Waals surface area (Å²) >= 11 is 1.33. The lowest BCUT2D eigenvalue weighted by Gasteiger charge is -2.35. The third-order valence-electron chi connectivity index (χ3n) is 4.19. The minimum atomic E-state index is -1.04. The second-order valence-corrected chi connectivity index (χ2v) is 6.81. The van der Waals surface area contributed by atoms with Crippen molar-refractivity contribution in [3.63, 3.8) is 0 Å². The molecular weight excluding hydrogens is 328 g/mol. The smallest absolute Gasteiger partial charge is 0.242 e. The van der Waals surface area contributed by atoms with Crippen LogP contribution in [0.4, 0.5) is 0 Å². The maximum Gasteiger partial charge on any atom is 0.242 e. The number of nitrogens with zero attached hydrogens (tertiary/aromatic N) is 3. The Balaban J connectivity index is 1.78. The molecule has 0 spiro atoms. The fraction of sp³-hybridized carbons (Fsp3) is 0.438. The van der Waals surface area contributed by atoms with E-state index in [1.807, 2.05) is 24.3 Å². The van der Waals surface area contributed by atoms with Gasteiger partial charge in [0.15, 0.2) is 5.92 Å². The first-order valence-corrected chi connectivity index (χ1v) is 8.68. The molecule has 1 atom stereocenters. The summed E-state index contributed by atoms with van der Waals surface area (Å²) in [6.07, 6.45) is 0. The summed E-state index contributed by atoms with van der Waals surface area (Å²) in [7, 11) is 0. The van der Waals surface area contributed by atoms with Gasteiger partial charge >= 0.3 is 0 Å². The second-order valence-electron chi connectivity index (χ2n) is 5.75. The van der Waals surface area contributed by atoms with Gasteiger partial charge in [-0.1, -0.05) is 12.1 Å². The van der Waals surface area contributed by atoms with Gasteiger partial charge in [0.1, 0.15) is 5.01 Å². The molecule has 24 heavy (non-hydrogen) atoms. The first-order valence-electron chi connectivity index (χ1n) is 7.87. The fourth-order valence-electron chi connectivity index (χ4n) is 2.88. The predicted octanol–water partition coefficient (Wildman–Crippen LogP) is 0.00170. The van der Waals surface area contributed by atoms with Gasteiger partial charge in [-0.05, 0) is 12.1 Å². The van der Waals surface area contributed by atoms with E-state index in [1.165, 1.54) is 11.3 Å². The van der Waals surface area contributed by atoms with E-state index in [0.29, 0.717) is 37.7 Å². The molecule has 2 amide bonds. The van der Waals surface area contributed by atoms with Gasteiger partial charge in [-0.15, -0.1) is 11.3 Å². The highest BCUT2D eigenvalue weighted by molar-refractivity contribution is 7.18. The summed E-state index contributed by atoms with van der Waals surface area (Å²) in [6.45, 7) is 3.10. The Morgan fingerprint density at radius 1 is 1.25 bits per heavy atom. The first kappa shape index (κ1) is 16.8. The number of amides is 2. The Kier molecular flexibility index (Phi) is 5.08. The molecule has 0 aliphatic carbocycles. The second kappa shape index (κ2) is 7.25. The number of aliphatic hydroxyl groups excluding tert-OH is 1. The number of fused-ring (bicyclic) bond motifs is 1. The van der Waals surface area contributed by atoms with Gasteiger partial charge in [-0.2, -0.15) is 0 Å². The van der Waals surface area contributed by atoms with Gasteiger partial charge in [0.25, 0.3) is 0 Å². The Morgan fingerprint density at radius 3 is 2.58 bits per heavy atom. The summed E-state index contributed by atoms with van der Waals surface area (Å²) in [5.74, 6) is -1.99. The molecule has 0 saturated carbocycles. The summed E-state index contributed by atoms with van der Waals surface area (Å²) in [5.41, 5.74) is 6.28. The molecule has 2 aromatic rings. The Labute approximate surface area is 143 Å². The van der Waals surface area contributed by atoms with Crippen LogP contribution in [0.25, 0.3) is 10.2 Å². The monoisotopic (exact) mass is 348 g/mol. The molecule has 1 unspecified atom stereocenters. The largest absolute Gasteiger partial charge is 0.395 e. The number of nitrogens with two attached hydrogens (primary N) is 1. The van der Waals surface area contributed by atoms with Crippen LogP contribution in [0.2, 0.25) is 0 Å². The lowest BCUT2D eigenvalue weighted by Crippen LogP contribution is -2.51. The van der Waals surface area contributed by atoms with Crippen LogP contribution in [-0.2, 0) is 9.59 Å². The number of piperazine rings is 1. The van der Waals surface area contributed by atoms with Crippen molar-refractivity contribution in [1.29, 1.82) is 0 Å². The van der Waals surface area contributed by atoms with Crippen LogP contribution in [0.15, 0.2) is 24.3 Å². The number of hydrogen-bond donors (Lipinski definition) is 2. The van der Waals surface area contributed by atoms with Crippen LogP contribution in [0.5, 0.6) is 0 Å². The molecule has 1 aromatic carbocycles. The first-order chi connectivity index (χ1) is 11.6. The van der Waals surface area contributed by atoms with Gasteiger partial charge in [0.05, 0.1) is 16.8 Å². The van der Waals surface area contributed by atoms with Crippen molar-refractivity contribution in [3.05, 3.63) is 29.3 Å². The summed E-state index contributed by atoms with van der Waals surface area (Å²) in [6, 6.07) is 7.53. The van der Waals surface area contributed by atoms with Crippen LogP contribution < -0.4 is 5.73 Å². The molecule has 1 fully saturated rings. The van der Waals surface area contributed by atoms with E-state index in [2.05, 4.69) is 9.88 Å². The zero-order chi connectivity index (χ0) is 17.1. The van der Waals surface area contributed by atoms with Crippen molar-refractivity contribution in [2.24, 2.45) is 5.73 Å². The van der Waals surface area contributed by atoms with Gasteiger partial charge in [-0.25, -0.2) is 4.98 Å². The van der Waals surface area contributed by atoms with Crippen LogP contribution in [-0.4, -0.2) is 71.0 Å². The molecule has 0 radical (unpaired) electrons. The lowest BCUT2D eigenvalue weighted by molar-refractivity contribution is -0.138. The molecular formula is C16H20N4O3S. The Bertz CT molecular complexity index is 707. The predicted molar refractivity (Wildman–Crippen MR) is 91.7 cm³/mol. The summed E-state index contributed by atoms with van der Waals surface area (Å²) < 4.78 is 0.930. The van der Waals surface area contributed by atoms with Crippen LogP contribution in [0.3, 0.4) is 0 Å². The number of para-hydroxylation sites is 1. The van der Waals surface area contributed by atoms with Crippen molar-refractivity contribution < 1.29 is 14.7 Å². The van der Waals surface area contributed by atoms with E-state index >= 15 is 0 Å². The quantitative estimate of drug-likeness (QED) is 0.741. The van der Waals surface area contributed by atoms with Crippen LogP contribution in [0, 0.1) is 0 Å². The van der Waals surface area contributed by atoms with Gasteiger partial charge < -0.3 is 15.7 Å². The van der Waals surface area contributed by atoms with Crippen molar-refractivity contribution in [2.45, 2.75) is 5.92 Å². The van der Waals surface area contributed by atoms with Crippen LogP contribution >= 0.6 is 11.3 Å². The standard InChI is InChI=1S/C16H20N4O3S/c17-14(22)13(15-18-11-3-1-2-4-12(11)24-15)16(23)20-7-5-19(6-8-20)9-10-21/h1-4,13,21H,5-10H2,(H2,17,22). The highest BCUT2D eigenvalue weighted by atomic mass is 32.1. The number of aliphatic hydroxyl groups is 1. The number of carbonyl (C=O) groups excluding carboxylic acids is 2. The van der Waals surface area contributed by atoms with Gasteiger partial charge in [0.2, 0.25) is 11.8 Å². The van der Waals surface area contributed by atoms with E-state index in [9.17, 15) is 9.59 Å². The SMILES string of the molecule is NC(=O)C(C(=O)N1CCN(CCO)CC1)c1nc2ccccc2s1. The number of primary amides is 1. The van der Waals surface area contributed by atoms with E-state index in [1.54, 1.807) is 4.90 Å². The summed E-state index contributed by atoms with van der Waals surface area (Å²) in [5, 5.41) is 9.43. The maximum atomic E-state index is 12.8. The average Bonchev–Trinajstić information content (AvgIpc) is 2.98. The van der Waals surface area contributed by atoms with Crippen molar-refractivity contribution in [2.75, 3.05) is 39.3 Å². The lowest BCUT2D eigenvalue weighted by atomic mass is 10.1. The number of benzene rings is 1. The third-order valence-corrected chi connectivity index (χ3v) is 5.29. The van der Waals surface area contributed by atoms with E-state index in [0.717, 1.165) is 10.2 Å². The number of aromatic nitrogens is 1. The maximum absolute atomic E-state index is 12.8. The van der Waals surface area contributed by atoms with Gasteiger partial charge in [0, 0.05) is 32.7 Å². The molecule has 7 nitrogen and oxygen atoms in total. The van der Waals surface area contributed by atoms with Crippen molar-refractivity contribution >= 4 is 33.4 Å². The molecule has 1 aliphatic heterocycles. The molecule has 3 N–H and O–H groups in total. The molecule has 128 valence electrons. The molecule has 0 bridgehead atoms. The zero-order valence-electron chi connectivity index (χ0n) is 13.2. The van der Waals surface area contributed by atoms with Gasteiger partial charge in [-0.3, -0.25) is 14.5 Å². The number of hydrogen-bond acceptors (Lipinski definition) is 6. The van der Waals surface area contributed by atoms with E-state index < -0.39 is 11.8 Å². The summed E-state index contributed by atoms with van der Waals surface area (Å²) in [4.78, 5) is 32.9. The zero-order valence-corrected chi connectivity index (χ0v) is 14.0. The fourth-order valence-corrected chi connectivity index (χ4v) is 3.95. The number of β-amino-alcohol motifs (C(OH)–C–C–N with tert-alkyl or cyclic N) is 1. The van der Waals surface area contributed by atoms with E-state index in [-0.39, 0.29) is 12.5 Å². The Morgan fingerprint density at radius 2 is 1.96 bits per heavy atom. The third kappa shape index (κ3) is 3.40. The number of carbonyl (C=O) groups is 2. The normalized spacial score (nSPS) is 17.1. The average molecular weight is 348 g/mol. The number of rotatable bonds is 5. The minimum absolute atomic E-state index is 0.101. The molecule has 1 saturated heterocycles. The Hall–Kier alpha value is -2.03. The minimum Gasteiger partial charge on any atom is -0.395 e. The topological polar surface area (TPSA) is 99.8 Å². The van der Waals surface area contributed by atoms with Crippen molar-refractivity contribution in [1.82, 2.24) is 14.8 Å². The number of thiazole rings is 1. The van der Waals surface area contributed by atoms with Crippen molar-refractivity contribution in [3.8, 4) is 0 Å². The highest BCUT2D eigenvalue weighted by Crippen LogP contribution is 2.29. The molecule has 8 heteroatoms. The molecule has 3 rings (SSSR count). The molecule has 1 aliphatic rings.